The van der Waals surface area contributed by atoms with E-state index in [1.165, 1.54) is 19.3 Å². The molecule has 2 fully saturated rings. The summed E-state index contributed by atoms with van der Waals surface area (Å²) in [6.45, 7) is 0. The van der Waals surface area contributed by atoms with E-state index in [9.17, 15) is 9.90 Å². The van der Waals surface area contributed by atoms with Crippen LogP contribution in [0.5, 0.6) is 0 Å². The summed E-state index contributed by atoms with van der Waals surface area (Å²) >= 11 is 0. The summed E-state index contributed by atoms with van der Waals surface area (Å²) in [5, 5.41) is 13.4. The second-order valence-electron chi connectivity index (χ2n) is 5.22. The van der Waals surface area contributed by atoms with Crippen molar-refractivity contribution >= 4 is 5.97 Å². The number of carboxylic acids is 1. The monoisotopic (exact) mass is 235 g/mol. The molecule has 0 bridgehead atoms. The SMILES string of the molecule is O=C(O)c1c(C2CCCCC2)noc1C1CC1. The highest BCUT2D eigenvalue weighted by molar-refractivity contribution is 5.90. The van der Waals surface area contributed by atoms with E-state index in [0.717, 1.165) is 25.7 Å². The topological polar surface area (TPSA) is 63.3 Å². The van der Waals surface area contributed by atoms with Gasteiger partial charge in [0.2, 0.25) is 0 Å². The summed E-state index contributed by atoms with van der Waals surface area (Å²) in [6, 6.07) is 0. The van der Waals surface area contributed by atoms with Crippen LogP contribution in [0.2, 0.25) is 0 Å². The van der Waals surface area contributed by atoms with Gasteiger partial charge in [0.15, 0.2) is 5.76 Å². The minimum absolute atomic E-state index is 0.297. The van der Waals surface area contributed by atoms with Gasteiger partial charge in [-0.3, -0.25) is 0 Å². The Morgan fingerprint density at radius 1 is 1.12 bits per heavy atom. The molecule has 92 valence electrons. The molecule has 4 nitrogen and oxygen atoms in total. The third-order valence-corrected chi connectivity index (χ3v) is 3.90. The molecule has 1 N–H and O–H groups in total. The van der Waals surface area contributed by atoms with Crippen LogP contribution in [0, 0.1) is 0 Å². The van der Waals surface area contributed by atoms with Gasteiger partial charge in [-0.1, -0.05) is 24.4 Å². The third-order valence-electron chi connectivity index (χ3n) is 3.90. The molecular weight excluding hydrogens is 218 g/mol. The molecular formula is C13H17NO3. The molecule has 3 rings (SSSR count). The van der Waals surface area contributed by atoms with Gasteiger partial charge < -0.3 is 9.63 Å². The molecule has 2 aliphatic carbocycles. The van der Waals surface area contributed by atoms with Gasteiger partial charge in [0.25, 0.3) is 0 Å². The van der Waals surface area contributed by atoms with Crippen molar-refractivity contribution in [2.45, 2.75) is 56.8 Å². The van der Waals surface area contributed by atoms with Crippen molar-refractivity contribution in [3.05, 3.63) is 17.0 Å². The first-order chi connectivity index (χ1) is 8.27. The minimum atomic E-state index is -0.867. The summed E-state index contributed by atoms with van der Waals surface area (Å²) in [6.07, 6.45) is 7.80. The van der Waals surface area contributed by atoms with Crippen molar-refractivity contribution in [2.75, 3.05) is 0 Å². The van der Waals surface area contributed by atoms with Crippen molar-refractivity contribution < 1.29 is 14.4 Å². The molecule has 2 aliphatic rings. The van der Waals surface area contributed by atoms with E-state index in [1.807, 2.05) is 0 Å². The van der Waals surface area contributed by atoms with Crippen molar-refractivity contribution in [1.82, 2.24) is 5.16 Å². The number of aromatic carboxylic acids is 1. The van der Waals surface area contributed by atoms with E-state index >= 15 is 0 Å². The maximum absolute atomic E-state index is 11.4. The molecule has 2 saturated carbocycles. The zero-order chi connectivity index (χ0) is 11.8. The standard InChI is InChI=1S/C13H17NO3/c15-13(16)10-11(8-4-2-1-3-5-8)14-17-12(10)9-6-7-9/h8-9H,1-7H2,(H,15,16). The Hall–Kier alpha value is -1.32. The molecule has 0 atom stereocenters. The summed E-state index contributed by atoms with van der Waals surface area (Å²) in [4.78, 5) is 11.4. The Morgan fingerprint density at radius 3 is 2.41 bits per heavy atom. The third kappa shape index (κ3) is 1.96. The van der Waals surface area contributed by atoms with Crippen LogP contribution in [0.25, 0.3) is 0 Å². The van der Waals surface area contributed by atoms with Gasteiger partial charge in [-0.2, -0.15) is 0 Å². The lowest BCUT2D eigenvalue weighted by Crippen LogP contribution is -2.10. The number of carbonyl (C=O) groups is 1. The highest BCUT2D eigenvalue weighted by Gasteiger charge is 2.36. The van der Waals surface area contributed by atoms with Gasteiger partial charge in [-0.15, -0.1) is 0 Å². The molecule has 0 saturated heterocycles. The Balaban J connectivity index is 1.94. The Bertz CT molecular complexity index is 428. The molecule has 0 amide bonds. The lowest BCUT2D eigenvalue weighted by atomic mass is 9.85. The van der Waals surface area contributed by atoms with Crippen LogP contribution < -0.4 is 0 Å². The van der Waals surface area contributed by atoms with E-state index in [-0.39, 0.29) is 0 Å². The lowest BCUT2D eigenvalue weighted by molar-refractivity contribution is 0.0692. The molecule has 1 aromatic heterocycles. The highest BCUT2D eigenvalue weighted by atomic mass is 16.5. The fourth-order valence-corrected chi connectivity index (χ4v) is 2.81. The summed E-state index contributed by atoms with van der Waals surface area (Å²) in [7, 11) is 0. The minimum Gasteiger partial charge on any atom is -0.477 e. The van der Waals surface area contributed by atoms with Crippen LogP contribution >= 0.6 is 0 Å². The highest BCUT2D eigenvalue weighted by Crippen LogP contribution is 2.44. The zero-order valence-electron chi connectivity index (χ0n) is 9.82. The number of nitrogens with zero attached hydrogens (tertiary/aromatic N) is 1. The fraction of sp³-hybridized carbons (Fsp3) is 0.692. The molecule has 0 radical (unpaired) electrons. The molecule has 17 heavy (non-hydrogen) atoms. The van der Waals surface area contributed by atoms with E-state index in [2.05, 4.69) is 5.16 Å². The fourth-order valence-electron chi connectivity index (χ4n) is 2.81. The Morgan fingerprint density at radius 2 is 1.82 bits per heavy atom. The van der Waals surface area contributed by atoms with Crippen molar-refractivity contribution in [3.8, 4) is 0 Å². The molecule has 0 aromatic carbocycles. The van der Waals surface area contributed by atoms with Crippen molar-refractivity contribution in [3.63, 3.8) is 0 Å². The van der Waals surface area contributed by atoms with Gasteiger partial charge in [0.1, 0.15) is 11.3 Å². The van der Waals surface area contributed by atoms with Gasteiger partial charge in [0.05, 0.1) is 0 Å². The van der Waals surface area contributed by atoms with Crippen LogP contribution in [0.1, 0.15) is 78.6 Å². The first kappa shape index (κ1) is 10.8. The smallest absolute Gasteiger partial charge is 0.341 e. The van der Waals surface area contributed by atoms with Crippen molar-refractivity contribution in [1.29, 1.82) is 0 Å². The van der Waals surface area contributed by atoms with E-state index in [4.69, 9.17) is 4.52 Å². The first-order valence-electron chi connectivity index (χ1n) is 6.50. The number of carboxylic acid groups (broad SMARTS) is 1. The van der Waals surface area contributed by atoms with Gasteiger partial charge in [-0.05, 0) is 25.7 Å². The van der Waals surface area contributed by atoms with Gasteiger partial charge >= 0.3 is 5.97 Å². The number of rotatable bonds is 3. The summed E-state index contributed by atoms with van der Waals surface area (Å²) in [5.41, 5.74) is 1.08. The molecule has 0 spiro atoms. The average molecular weight is 235 g/mol. The van der Waals surface area contributed by atoms with Gasteiger partial charge in [0, 0.05) is 11.8 Å². The van der Waals surface area contributed by atoms with Crippen LogP contribution in [-0.4, -0.2) is 16.2 Å². The quantitative estimate of drug-likeness (QED) is 0.873. The second kappa shape index (κ2) is 4.17. The van der Waals surface area contributed by atoms with E-state index < -0.39 is 5.97 Å². The first-order valence-corrected chi connectivity index (χ1v) is 6.50. The zero-order valence-corrected chi connectivity index (χ0v) is 9.82. The summed E-state index contributed by atoms with van der Waals surface area (Å²) < 4.78 is 5.30. The number of hydrogen-bond acceptors (Lipinski definition) is 3. The van der Waals surface area contributed by atoms with Crippen LogP contribution in [0.15, 0.2) is 4.52 Å². The van der Waals surface area contributed by atoms with Crippen LogP contribution in [0.4, 0.5) is 0 Å². The molecule has 1 aromatic rings. The maximum atomic E-state index is 11.4. The van der Waals surface area contributed by atoms with E-state index in [1.54, 1.807) is 0 Å². The van der Waals surface area contributed by atoms with Crippen LogP contribution in [-0.2, 0) is 0 Å². The van der Waals surface area contributed by atoms with Crippen molar-refractivity contribution in [2.24, 2.45) is 0 Å². The predicted molar refractivity (Wildman–Crippen MR) is 61.3 cm³/mol. The molecule has 0 aliphatic heterocycles. The molecule has 1 heterocycles. The van der Waals surface area contributed by atoms with Crippen LogP contribution in [0.3, 0.4) is 0 Å². The lowest BCUT2D eigenvalue weighted by Gasteiger charge is -2.19. The number of hydrogen-bond donors (Lipinski definition) is 1. The maximum Gasteiger partial charge on any atom is 0.341 e. The number of aromatic nitrogens is 1. The molecule has 0 unspecified atom stereocenters. The van der Waals surface area contributed by atoms with E-state index in [0.29, 0.717) is 28.9 Å². The Labute approximate surface area is 100.0 Å². The second-order valence-corrected chi connectivity index (χ2v) is 5.22. The Kier molecular flexibility index (Phi) is 2.65. The molecule has 4 heteroatoms. The predicted octanol–water partition coefficient (Wildman–Crippen LogP) is 3.30. The largest absolute Gasteiger partial charge is 0.477 e. The average Bonchev–Trinajstić information content (AvgIpc) is 3.08. The van der Waals surface area contributed by atoms with Gasteiger partial charge in [-0.25, -0.2) is 4.79 Å². The normalized spacial score (nSPS) is 21.6. The summed E-state index contributed by atoms with van der Waals surface area (Å²) in [5.74, 6) is 0.365.